The SMILES string of the molecule is Cc1ccc(NC(=O)Cc2csc(-c3ccccn3)n2)cc1I. The predicted octanol–water partition coefficient (Wildman–Crippen LogP) is 4.30. The second kappa shape index (κ2) is 7.18. The summed E-state index contributed by atoms with van der Waals surface area (Å²) in [6.45, 7) is 2.04. The van der Waals surface area contributed by atoms with Crippen LogP contribution >= 0.6 is 33.9 Å². The summed E-state index contributed by atoms with van der Waals surface area (Å²) in [5.74, 6) is -0.0671. The molecule has 2 aromatic heterocycles. The van der Waals surface area contributed by atoms with Gasteiger partial charge < -0.3 is 5.32 Å². The van der Waals surface area contributed by atoms with E-state index in [1.54, 1.807) is 6.20 Å². The molecule has 1 amide bonds. The lowest BCUT2D eigenvalue weighted by atomic mass is 10.2. The number of aromatic nitrogens is 2. The highest BCUT2D eigenvalue weighted by atomic mass is 127. The summed E-state index contributed by atoms with van der Waals surface area (Å²) in [5.41, 5.74) is 3.60. The Morgan fingerprint density at radius 3 is 2.91 bits per heavy atom. The summed E-state index contributed by atoms with van der Waals surface area (Å²) in [6, 6.07) is 11.6. The van der Waals surface area contributed by atoms with E-state index >= 15 is 0 Å². The number of thiazole rings is 1. The van der Waals surface area contributed by atoms with Gasteiger partial charge in [-0.2, -0.15) is 0 Å². The number of benzene rings is 1. The molecule has 0 unspecified atom stereocenters. The van der Waals surface area contributed by atoms with Crippen LogP contribution < -0.4 is 5.32 Å². The molecule has 1 aromatic carbocycles. The molecule has 0 radical (unpaired) electrons. The van der Waals surface area contributed by atoms with E-state index in [2.05, 4.69) is 37.9 Å². The summed E-state index contributed by atoms with van der Waals surface area (Å²) >= 11 is 3.76. The van der Waals surface area contributed by atoms with Gasteiger partial charge in [0, 0.05) is 20.8 Å². The van der Waals surface area contributed by atoms with Gasteiger partial charge in [-0.05, 0) is 59.3 Å². The van der Waals surface area contributed by atoms with E-state index in [0.29, 0.717) is 0 Å². The maximum Gasteiger partial charge on any atom is 0.230 e. The Morgan fingerprint density at radius 2 is 2.17 bits per heavy atom. The molecular weight excluding hydrogens is 421 g/mol. The number of rotatable bonds is 4. The van der Waals surface area contributed by atoms with Crippen molar-refractivity contribution in [1.82, 2.24) is 9.97 Å². The van der Waals surface area contributed by atoms with Gasteiger partial charge >= 0.3 is 0 Å². The molecule has 116 valence electrons. The fourth-order valence-electron chi connectivity index (χ4n) is 2.04. The monoisotopic (exact) mass is 435 g/mol. The highest BCUT2D eigenvalue weighted by Gasteiger charge is 2.10. The van der Waals surface area contributed by atoms with E-state index in [1.165, 1.54) is 16.9 Å². The smallest absolute Gasteiger partial charge is 0.230 e. The van der Waals surface area contributed by atoms with Gasteiger partial charge in [-0.25, -0.2) is 4.98 Å². The van der Waals surface area contributed by atoms with E-state index in [9.17, 15) is 4.79 Å². The Balaban J connectivity index is 1.66. The lowest BCUT2D eigenvalue weighted by molar-refractivity contribution is -0.115. The second-order valence-electron chi connectivity index (χ2n) is 5.05. The Hall–Kier alpha value is -1.80. The lowest BCUT2D eigenvalue weighted by Gasteiger charge is -2.06. The fraction of sp³-hybridized carbons (Fsp3) is 0.118. The molecule has 0 aliphatic heterocycles. The predicted molar refractivity (Wildman–Crippen MR) is 102 cm³/mol. The summed E-state index contributed by atoms with van der Waals surface area (Å²) in [4.78, 5) is 20.9. The van der Waals surface area contributed by atoms with Crippen molar-refractivity contribution in [3.05, 3.63) is 62.8 Å². The molecule has 6 heteroatoms. The number of nitrogens with one attached hydrogen (secondary N) is 1. The number of hydrogen-bond donors (Lipinski definition) is 1. The van der Waals surface area contributed by atoms with Crippen molar-refractivity contribution >= 4 is 45.5 Å². The molecule has 0 saturated carbocycles. The normalized spacial score (nSPS) is 10.5. The minimum absolute atomic E-state index is 0.0671. The van der Waals surface area contributed by atoms with Crippen LogP contribution in [0.5, 0.6) is 0 Å². The standard InChI is InChI=1S/C17H14IN3OS/c1-11-5-6-12(8-14(11)18)20-16(22)9-13-10-23-17(21-13)15-4-2-3-7-19-15/h2-8,10H,9H2,1H3,(H,20,22). The van der Waals surface area contributed by atoms with Crippen LogP contribution in [0, 0.1) is 10.5 Å². The lowest BCUT2D eigenvalue weighted by Crippen LogP contribution is -2.14. The van der Waals surface area contributed by atoms with Crippen LogP contribution in [-0.2, 0) is 11.2 Å². The molecule has 1 N–H and O–H groups in total. The number of nitrogens with zero attached hydrogens (tertiary/aromatic N) is 2. The van der Waals surface area contributed by atoms with Gasteiger partial charge in [0.2, 0.25) is 5.91 Å². The zero-order valence-electron chi connectivity index (χ0n) is 12.4. The first-order valence-corrected chi connectivity index (χ1v) is 8.99. The summed E-state index contributed by atoms with van der Waals surface area (Å²) in [6.07, 6.45) is 2.00. The number of hydrogen-bond acceptors (Lipinski definition) is 4. The van der Waals surface area contributed by atoms with Crippen molar-refractivity contribution in [2.45, 2.75) is 13.3 Å². The second-order valence-corrected chi connectivity index (χ2v) is 7.07. The fourth-order valence-corrected chi connectivity index (χ4v) is 3.35. The maximum atomic E-state index is 12.2. The van der Waals surface area contributed by atoms with Crippen LogP contribution in [0.4, 0.5) is 5.69 Å². The van der Waals surface area contributed by atoms with Gasteiger partial charge in [0.25, 0.3) is 0 Å². The van der Waals surface area contributed by atoms with Gasteiger partial charge in [-0.3, -0.25) is 9.78 Å². The van der Waals surface area contributed by atoms with Gasteiger partial charge in [0.1, 0.15) is 5.01 Å². The molecule has 0 spiro atoms. The van der Waals surface area contributed by atoms with Crippen molar-refractivity contribution in [2.24, 2.45) is 0 Å². The third-order valence-electron chi connectivity index (χ3n) is 3.23. The number of anilines is 1. The molecule has 0 saturated heterocycles. The average molecular weight is 435 g/mol. The molecule has 3 rings (SSSR count). The van der Waals surface area contributed by atoms with Crippen LogP contribution in [0.2, 0.25) is 0 Å². The van der Waals surface area contributed by atoms with Gasteiger partial charge in [-0.15, -0.1) is 11.3 Å². The third-order valence-corrected chi connectivity index (χ3v) is 5.31. The number of carbonyl (C=O) groups is 1. The van der Waals surface area contributed by atoms with Gasteiger partial charge in [0.05, 0.1) is 17.8 Å². The van der Waals surface area contributed by atoms with Crippen LogP contribution in [-0.4, -0.2) is 15.9 Å². The van der Waals surface area contributed by atoms with E-state index in [-0.39, 0.29) is 12.3 Å². The van der Waals surface area contributed by atoms with Crippen molar-refractivity contribution in [2.75, 3.05) is 5.32 Å². The first kappa shape index (κ1) is 16.1. The number of aryl methyl sites for hydroxylation is 1. The Kier molecular flexibility index (Phi) is 5.02. The van der Waals surface area contributed by atoms with E-state index in [0.717, 1.165) is 25.7 Å². The molecule has 2 heterocycles. The molecule has 0 atom stereocenters. The first-order chi connectivity index (χ1) is 11.1. The van der Waals surface area contributed by atoms with Crippen molar-refractivity contribution in [1.29, 1.82) is 0 Å². The average Bonchev–Trinajstić information content (AvgIpc) is 3.00. The molecular formula is C17H14IN3OS. The number of amides is 1. The van der Waals surface area contributed by atoms with Gasteiger partial charge in [-0.1, -0.05) is 12.1 Å². The van der Waals surface area contributed by atoms with Crippen LogP contribution in [0.25, 0.3) is 10.7 Å². The molecule has 0 aliphatic carbocycles. The quantitative estimate of drug-likeness (QED) is 0.622. The van der Waals surface area contributed by atoms with Crippen LogP contribution in [0.15, 0.2) is 48.0 Å². The zero-order chi connectivity index (χ0) is 16.2. The Bertz CT molecular complexity index is 833. The van der Waals surface area contributed by atoms with Crippen molar-refractivity contribution in [3.63, 3.8) is 0 Å². The Labute approximate surface area is 152 Å². The molecule has 23 heavy (non-hydrogen) atoms. The zero-order valence-corrected chi connectivity index (χ0v) is 15.4. The van der Waals surface area contributed by atoms with E-state index in [1.807, 2.05) is 48.7 Å². The molecule has 0 fully saturated rings. The summed E-state index contributed by atoms with van der Waals surface area (Å²) < 4.78 is 1.13. The third kappa shape index (κ3) is 4.14. The van der Waals surface area contributed by atoms with Crippen molar-refractivity contribution in [3.8, 4) is 10.7 Å². The van der Waals surface area contributed by atoms with Gasteiger partial charge in [0.15, 0.2) is 0 Å². The Morgan fingerprint density at radius 1 is 1.30 bits per heavy atom. The number of halogens is 1. The van der Waals surface area contributed by atoms with Crippen LogP contribution in [0.3, 0.4) is 0 Å². The van der Waals surface area contributed by atoms with Crippen LogP contribution in [0.1, 0.15) is 11.3 Å². The van der Waals surface area contributed by atoms with E-state index < -0.39 is 0 Å². The largest absolute Gasteiger partial charge is 0.326 e. The highest BCUT2D eigenvalue weighted by Crippen LogP contribution is 2.22. The molecule has 3 aromatic rings. The maximum absolute atomic E-state index is 12.2. The molecule has 0 bridgehead atoms. The first-order valence-electron chi connectivity index (χ1n) is 7.03. The highest BCUT2D eigenvalue weighted by molar-refractivity contribution is 14.1. The van der Waals surface area contributed by atoms with Crippen molar-refractivity contribution < 1.29 is 4.79 Å². The summed E-state index contributed by atoms with van der Waals surface area (Å²) in [7, 11) is 0. The number of pyridine rings is 1. The molecule has 0 aliphatic rings. The number of carbonyl (C=O) groups excluding carboxylic acids is 1. The van der Waals surface area contributed by atoms with E-state index in [4.69, 9.17) is 0 Å². The minimum Gasteiger partial charge on any atom is -0.326 e. The molecule has 4 nitrogen and oxygen atoms in total. The summed E-state index contributed by atoms with van der Waals surface area (Å²) in [5, 5.41) is 5.65. The topological polar surface area (TPSA) is 54.9 Å². The minimum atomic E-state index is -0.0671.